The van der Waals surface area contributed by atoms with Crippen LogP contribution in [0.2, 0.25) is 0 Å². The summed E-state index contributed by atoms with van der Waals surface area (Å²) in [7, 11) is 0. The van der Waals surface area contributed by atoms with Crippen LogP contribution >= 0.6 is 0 Å². The molecule has 4 aromatic heterocycles. The molecule has 8 rings (SSSR count). The third-order valence-electron chi connectivity index (χ3n) is 13.4. The lowest BCUT2D eigenvalue weighted by Crippen LogP contribution is -2.27. The van der Waals surface area contributed by atoms with Crippen LogP contribution in [0.3, 0.4) is 0 Å². The number of aryl methyl sites for hydroxylation is 2. The highest BCUT2D eigenvalue weighted by Crippen LogP contribution is 2.47. The van der Waals surface area contributed by atoms with Crippen LogP contribution in [0.5, 0.6) is 0 Å². The molecule has 8 heteroatoms. The molecule has 0 saturated heterocycles. The molecule has 0 saturated carbocycles. The summed E-state index contributed by atoms with van der Waals surface area (Å²) >= 11 is 0. The van der Waals surface area contributed by atoms with Gasteiger partial charge in [-0.15, -0.1) is 0 Å². The molecule has 4 aromatic carbocycles. The summed E-state index contributed by atoms with van der Waals surface area (Å²) in [6, 6.07) is 34.1. The third-order valence-corrected chi connectivity index (χ3v) is 13.4. The van der Waals surface area contributed by atoms with Gasteiger partial charge in [0, 0.05) is 22.1 Å². The summed E-state index contributed by atoms with van der Waals surface area (Å²) in [4.78, 5) is 29.7. The van der Waals surface area contributed by atoms with Crippen LogP contribution < -0.4 is 0 Å². The van der Waals surface area contributed by atoms with Gasteiger partial charge >= 0.3 is 12.2 Å². The van der Waals surface area contributed by atoms with Crippen molar-refractivity contribution in [1.82, 2.24) is 18.3 Å². The highest BCUT2D eigenvalue weighted by Gasteiger charge is 2.35. The molecule has 0 spiro atoms. The lowest BCUT2D eigenvalue weighted by molar-refractivity contribution is 0.0540. The van der Waals surface area contributed by atoms with E-state index >= 15 is 0 Å². The topological polar surface area (TPSA) is 72.3 Å². The molecule has 0 aliphatic carbocycles. The van der Waals surface area contributed by atoms with Gasteiger partial charge in [-0.1, -0.05) is 164 Å². The molecule has 0 N–H and O–H groups in total. The summed E-state index contributed by atoms with van der Waals surface area (Å²) in [5.41, 5.74) is 9.31. The van der Waals surface area contributed by atoms with Crippen LogP contribution in [-0.2, 0) is 22.3 Å². The fraction of sp³-hybridized carbons (Fsp3) is 0.467. The molecule has 0 unspecified atom stereocenters. The Morgan fingerprint density at radius 2 is 0.721 bits per heavy atom. The molecule has 0 radical (unpaired) electrons. The molecule has 0 fully saturated rings. The van der Waals surface area contributed by atoms with E-state index in [1.54, 1.807) is 9.13 Å². The van der Waals surface area contributed by atoms with E-state index in [1.165, 1.54) is 101 Å². The Morgan fingerprint density at radius 1 is 0.397 bits per heavy atom. The number of para-hydroxylation sites is 2. The molecule has 8 nitrogen and oxygen atoms in total. The van der Waals surface area contributed by atoms with Gasteiger partial charge in [-0.05, 0) is 115 Å². The summed E-state index contributed by atoms with van der Waals surface area (Å²) in [5, 5.41) is 1.82. The van der Waals surface area contributed by atoms with Crippen molar-refractivity contribution in [3.05, 3.63) is 108 Å². The van der Waals surface area contributed by atoms with Crippen molar-refractivity contribution in [2.45, 2.75) is 182 Å². The molecule has 0 aliphatic rings. The Labute approximate surface area is 404 Å². The molecule has 0 atom stereocenters. The number of fused-ring (bicyclic) bond motifs is 9. The summed E-state index contributed by atoms with van der Waals surface area (Å²) < 4.78 is 20.6. The van der Waals surface area contributed by atoms with Crippen molar-refractivity contribution in [1.29, 1.82) is 0 Å². The standard InChI is InChI=1S/C60H76N4O4/c1-9-11-13-15-17-19-21-23-29-43-35-39-45(40-36-43)61-51-47-31-25-27-33-49(47)63(57(65)67-59(3,4)5)53(51)56-55(61)54-52(48-32-26-28-34-50(48)64(54)58(66)68-60(6,7)8)62(56)46-41-37-44(38-42-46)30-24-22-20-18-16-14-12-10-2/h25-28,31-42H,9-24,29-30H2,1-8H3. The van der Waals surface area contributed by atoms with Gasteiger partial charge in [0.15, 0.2) is 0 Å². The molecule has 0 amide bonds. The zero-order chi connectivity index (χ0) is 48.0. The lowest BCUT2D eigenvalue weighted by atomic mass is 10.0. The highest BCUT2D eigenvalue weighted by atomic mass is 16.6. The first-order chi connectivity index (χ1) is 32.8. The molecule has 360 valence electrons. The van der Waals surface area contributed by atoms with Gasteiger partial charge in [-0.25, -0.2) is 18.7 Å². The van der Waals surface area contributed by atoms with Crippen molar-refractivity contribution in [3.63, 3.8) is 0 Å². The van der Waals surface area contributed by atoms with Gasteiger partial charge in [-0.3, -0.25) is 0 Å². The fourth-order valence-electron chi connectivity index (χ4n) is 10.3. The number of rotatable bonds is 20. The van der Waals surface area contributed by atoms with Crippen LogP contribution in [0.1, 0.15) is 169 Å². The second kappa shape index (κ2) is 21.3. The minimum Gasteiger partial charge on any atom is -0.443 e. The third kappa shape index (κ3) is 10.4. The SMILES string of the molecule is CCCCCCCCCCc1ccc(-n2c3c4ccccc4n(C(=O)OC(C)(C)C)c3c3c2c2c(c4ccccc4n2C(=O)OC(C)(C)C)n3-c2ccc(CCCCCCCCCC)cc2)cc1. The Morgan fingerprint density at radius 3 is 1.06 bits per heavy atom. The van der Waals surface area contributed by atoms with Crippen molar-refractivity contribution >= 4 is 67.1 Å². The zero-order valence-corrected chi connectivity index (χ0v) is 42.4. The zero-order valence-electron chi connectivity index (χ0n) is 42.4. The average Bonchev–Trinajstić information content (AvgIpc) is 4.02. The lowest BCUT2D eigenvalue weighted by Gasteiger charge is -2.20. The number of unbranched alkanes of at least 4 members (excludes halogenated alkanes) is 14. The number of carbonyl (C=O) groups is 2. The number of carbonyl (C=O) groups excluding carboxylic acids is 2. The van der Waals surface area contributed by atoms with Crippen LogP contribution in [0.25, 0.3) is 66.3 Å². The number of aromatic nitrogens is 4. The van der Waals surface area contributed by atoms with E-state index in [4.69, 9.17) is 9.47 Å². The predicted octanol–water partition coefficient (Wildman–Crippen LogP) is 17.6. The van der Waals surface area contributed by atoms with Crippen LogP contribution in [-0.4, -0.2) is 41.7 Å². The Balaban J connectivity index is 1.35. The molecule has 0 aliphatic heterocycles. The molecular weight excluding hydrogens is 841 g/mol. The van der Waals surface area contributed by atoms with E-state index in [9.17, 15) is 9.59 Å². The average molecular weight is 917 g/mol. The largest absolute Gasteiger partial charge is 0.443 e. The predicted molar refractivity (Wildman–Crippen MR) is 284 cm³/mol. The summed E-state index contributed by atoms with van der Waals surface area (Å²) in [6.07, 6.45) is 21.7. The second-order valence-corrected chi connectivity index (χ2v) is 21.2. The Hall–Kier alpha value is -5.76. The smallest absolute Gasteiger partial charge is 0.419 e. The number of ether oxygens (including phenoxy) is 2. The summed E-state index contributed by atoms with van der Waals surface area (Å²) in [6.45, 7) is 16.0. The van der Waals surface area contributed by atoms with Gasteiger partial charge in [0.2, 0.25) is 0 Å². The molecule has 8 aromatic rings. The monoisotopic (exact) mass is 917 g/mol. The number of benzene rings is 4. The first-order valence-electron chi connectivity index (χ1n) is 26.1. The second-order valence-electron chi connectivity index (χ2n) is 21.2. The van der Waals surface area contributed by atoms with Gasteiger partial charge in [-0.2, -0.15) is 0 Å². The van der Waals surface area contributed by atoms with Gasteiger partial charge in [0.25, 0.3) is 0 Å². The maximum atomic E-state index is 14.8. The van der Waals surface area contributed by atoms with Crippen LogP contribution in [0.4, 0.5) is 9.59 Å². The Kier molecular flexibility index (Phi) is 15.2. The molecular formula is C60H76N4O4. The van der Waals surface area contributed by atoms with Crippen molar-refractivity contribution in [2.24, 2.45) is 0 Å². The maximum Gasteiger partial charge on any atom is 0.419 e. The number of nitrogens with zero attached hydrogens (tertiary/aromatic N) is 4. The van der Waals surface area contributed by atoms with Gasteiger partial charge in [0.05, 0.1) is 33.1 Å². The fourth-order valence-corrected chi connectivity index (χ4v) is 10.3. The quantitative estimate of drug-likeness (QED) is 0.0714. The number of hydrogen-bond acceptors (Lipinski definition) is 4. The molecule has 68 heavy (non-hydrogen) atoms. The minimum absolute atomic E-state index is 0.457. The Bertz CT molecular complexity index is 2780. The maximum absolute atomic E-state index is 14.8. The van der Waals surface area contributed by atoms with E-state index in [0.717, 1.165) is 92.0 Å². The van der Waals surface area contributed by atoms with Crippen molar-refractivity contribution in [3.8, 4) is 11.4 Å². The van der Waals surface area contributed by atoms with E-state index in [1.807, 2.05) is 77.9 Å². The van der Waals surface area contributed by atoms with E-state index < -0.39 is 23.4 Å². The van der Waals surface area contributed by atoms with Crippen molar-refractivity contribution < 1.29 is 19.1 Å². The van der Waals surface area contributed by atoms with E-state index in [0.29, 0.717) is 0 Å². The summed E-state index contributed by atoms with van der Waals surface area (Å²) in [5.74, 6) is 0. The first kappa shape index (κ1) is 48.7. The molecule has 4 heterocycles. The first-order valence-corrected chi connectivity index (χ1v) is 26.1. The van der Waals surface area contributed by atoms with E-state index in [-0.39, 0.29) is 0 Å². The highest BCUT2D eigenvalue weighted by molar-refractivity contribution is 6.30. The van der Waals surface area contributed by atoms with Gasteiger partial charge in [0.1, 0.15) is 22.2 Å². The normalized spacial score (nSPS) is 12.4. The minimum atomic E-state index is -0.748. The van der Waals surface area contributed by atoms with Crippen LogP contribution in [0, 0.1) is 0 Å². The van der Waals surface area contributed by atoms with E-state index in [2.05, 4.69) is 83.6 Å². The van der Waals surface area contributed by atoms with Gasteiger partial charge < -0.3 is 18.6 Å². The molecule has 0 bridgehead atoms. The number of hydrogen-bond donors (Lipinski definition) is 0. The van der Waals surface area contributed by atoms with Crippen LogP contribution in [0.15, 0.2) is 97.1 Å². The van der Waals surface area contributed by atoms with Crippen molar-refractivity contribution in [2.75, 3.05) is 0 Å².